The zero-order valence-corrected chi connectivity index (χ0v) is 12.0. The zero-order valence-electron chi connectivity index (χ0n) is 11.2. The number of sulfonamides is 1. The second-order valence-electron chi connectivity index (χ2n) is 4.82. The van der Waals surface area contributed by atoms with Crippen LogP contribution < -0.4 is 10.0 Å². The molecule has 2 N–H and O–H groups in total. The molecule has 0 saturated heterocycles. The highest BCUT2D eigenvalue weighted by atomic mass is 32.2. The fourth-order valence-electron chi connectivity index (χ4n) is 2.13. The van der Waals surface area contributed by atoms with Gasteiger partial charge >= 0.3 is 0 Å². The minimum atomic E-state index is -3.41. The molecule has 0 bridgehead atoms. The fourth-order valence-corrected chi connectivity index (χ4v) is 3.39. The van der Waals surface area contributed by atoms with Crippen LogP contribution in [0.1, 0.15) is 18.4 Å². The average molecular weight is 284 g/mol. The van der Waals surface area contributed by atoms with Gasteiger partial charge in [0.1, 0.15) is 0 Å². The van der Waals surface area contributed by atoms with Crippen LogP contribution in [0.25, 0.3) is 0 Å². The summed E-state index contributed by atoms with van der Waals surface area (Å²) in [7, 11) is 0.0952. The number of ether oxygens (including phenoxy) is 1. The topological polar surface area (TPSA) is 67.4 Å². The average Bonchev–Trinajstić information content (AvgIpc) is 2.34. The van der Waals surface area contributed by atoms with Crippen molar-refractivity contribution in [1.82, 2.24) is 10.0 Å². The van der Waals surface area contributed by atoms with Gasteiger partial charge in [-0.3, -0.25) is 0 Å². The normalized spacial score (nSPS) is 23.1. The maximum Gasteiger partial charge on any atom is 0.240 e. The Kier molecular flexibility index (Phi) is 4.57. The summed E-state index contributed by atoms with van der Waals surface area (Å²) < 4.78 is 32.1. The van der Waals surface area contributed by atoms with Gasteiger partial charge in [0.2, 0.25) is 10.0 Å². The van der Waals surface area contributed by atoms with Crippen molar-refractivity contribution in [2.45, 2.75) is 36.4 Å². The Morgan fingerprint density at radius 1 is 1.26 bits per heavy atom. The monoisotopic (exact) mass is 284 g/mol. The Balaban J connectivity index is 1.99. The molecule has 19 heavy (non-hydrogen) atoms. The van der Waals surface area contributed by atoms with Gasteiger partial charge in [-0.05, 0) is 37.6 Å². The van der Waals surface area contributed by atoms with Crippen LogP contribution in [-0.2, 0) is 21.3 Å². The molecule has 0 aromatic heterocycles. The van der Waals surface area contributed by atoms with Gasteiger partial charge in [-0.1, -0.05) is 12.1 Å². The molecule has 1 aromatic carbocycles. The van der Waals surface area contributed by atoms with Crippen molar-refractivity contribution < 1.29 is 13.2 Å². The van der Waals surface area contributed by atoms with E-state index in [2.05, 4.69) is 10.0 Å². The number of hydrogen-bond acceptors (Lipinski definition) is 4. The predicted molar refractivity (Wildman–Crippen MR) is 73.3 cm³/mol. The molecule has 0 unspecified atom stereocenters. The van der Waals surface area contributed by atoms with Crippen molar-refractivity contribution >= 4 is 10.0 Å². The molecule has 1 saturated carbocycles. The van der Waals surface area contributed by atoms with E-state index < -0.39 is 10.0 Å². The predicted octanol–water partition coefficient (Wildman–Crippen LogP) is 0.862. The summed E-state index contributed by atoms with van der Waals surface area (Å²) in [5, 5.41) is 3.02. The smallest absolute Gasteiger partial charge is 0.240 e. The molecule has 0 spiro atoms. The number of rotatable bonds is 6. The standard InChI is InChI=1S/C13H20N2O3S/c1-14-9-10-3-5-13(6-4-10)19(16,17)15-11-7-12(8-11)18-2/h3-6,11-12,14-15H,7-9H2,1-2H3. The number of nitrogens with one attached hydrogen (secondary N) is 2. The van der Waals surface area contributed by atoms with E-state index in [1.165, 1.54) is 0 Å². The van der Waals surface area contributed by atoms with Gasteiger partial charge in [0.25, 0.3) is 0 Å². The third kappa shape index (κ3) is 3.54. The first-order valence-electron chi connectivity index (χ1n) is 6.34. The lowest BCUT2D eigenvalue weighted by Crippen LogP contribution is -2.47. The van der Waals surface area contributed by atoms with Crippen LogP contribution in [0.3, 0.4) is 0 Å². The first-order valence-corrected chi connectivity index (χ1v) is 7.82. The molecule has 0 amide bonds. The minimum Gasteiger partial charge on any atom is -0.381 e. The Morgan fingerprint density at radius 2 is 1.89 bits per heavy atom. The highest BCUT2D eigenvalue weighted by Crippen LogP contribution is 2.24. The van der Waals surface area contributed by atoms with Crippen molar-refractivity contribution in [2.24, 2.45) is 0 Å². The molecule has 0 heterocycles. The summed E-state index contributed by atoms with van der Waals surface area (Å²) in [6.07, 6.45) is 1.67. The van der Waals surface area contributed by atoms with Gasteiger partial charge < -0.3 is 10.1 Å². The van der Waals surface area contributed by atoms with E-state index in [4.69, 9.17) is 4.74 Å². The van der Waals surface area contributed by atoms with Gasteiger partial charge in [0, 0.05) is 19.7 Å². The summed E-state index contributed by atoms with van der Waals surface area (Å²) in [5.74, 6) is 0. The summed E-state index contributed by atoms with van der Waals surface area (Å²) in [6.45, 7) is 0.728. The van der Waals surface area contributed by atoms with Crippen LogP contribution in [0, 0.1) is 0 Å². The van der Waals surface area contributed by atoms with Gasteiger partial charge in [-0.25, -0.2) is 13.1 Å². The molecule has 0 radical (unpaired) electrons. The summed E-state index contributed by atoms with van der Waals surface area (Å²) in [5.41, 5.74) is 1.06. The van der Waals surface area contributed by atoms with E-state index in [0.717, 1.165) is 24.9 Å². The lowest BCUT2D eigenvalue weighted by molar-refractivity contribution is 0.0236. The van der Waals surface area contributed by atoms with Gasteiger partial charge in [0.15, 0.2) is 0 Å². The fraction of sp³-hybridized carbons (Fsp3) is 0.538. The van der Waals surface area contributed by atoms with E-state index in [1.54, 1.807) is 19.2 Å². The van der Waals surface area contributed by atoms with E-state index in [1.807, 2.05) is 19.2 Å². The third-order valence-electron chi connectivity index (χ3n) is 3.36. The first kappa shape index (κ1) is 14.5. The highest BCUT2D eigenvalue weighted by molar-refractivity contribution is 7.89. The van der Waals surface area contributed by atoms with E-state index in [9.17, 15) is 8.42 Å². The second-order valence-corrected chi connectivity index (χ2v) is 6.54. The molecule has 1 aromatic rings. The maximum absolute atomic E-state index is 12.1. The van der Waals surface area contributed by atoms with Crippen LogP contribution in [0.5, 0.6) is 0 Å². The van der Waals surface area contributed by atoms with Crippen LogP contribution in [0.4, 0.5) is 0 Å². The van der Waals surface area contributed by atoms with Crippen LogP contribution >= 0.6 is 0 Å². The van der Waals surface area contributed by atoms with Crippen LogP contribution in [0.2, 0.25) is 0 Å². The van der Waals surface area contributed by atoms with Crippen molar-refractivity contribution in [1.29, 1.82) is 0 Å². The van der Waals surface area contributed by atoms with Crippen LogP contribution in [-0.4, -0.2) is 34.7 Å². The van der Waals surface area contributed by atoms with Crippen molar-refractivity contribution in [3.63, 3.8) is 0 Å². The molecular weight excluding hydrogens is 264 g/mol. The van der Waals surface area contributed by atoms with Crippen molar-refractivity contribution in [3.8, 4) is 0 Å². The lowest BCUT2D eigenvalue weighted by Gasteiger charge is -2.34. The third-order valence-corrected chi connectivity index (χ3v) is 4.90. The molecule has 5 nitrogen and oxygen atoms in total. The molecule has 1 aliphatic rings. The SMILES string of the molecule is CNCc1ccc(S(=O)(=O)NC2CC(OC)C2)cc1. The summed E-state index contributed by atoms with van der Waals surface area (Å²) >= 11 is 0. The van der Waals surface area contributed by atoms with Crippen LogP contribution in [0.15, 0.2) is 29.2 Å². The summed E-state index contributed by atoms with van der Waals surface area (Å²) in [4.78, 5) is 0.313. The quantitative estimate of drug-likeness (QED) is 0.813. The zero-order chi connectivity index (χ0) is 13.9. The van der Waals surface area contributed by atoms with Gasteiger partial charge in [0.05, 0.1) is 11.0 Å². The van der Waals surface area contributed by atoms with Crippen molar-refractivity contribution in [3.05, 3.63) is 29.8 Å². The molecule has 0 aliphatic heterocycles. The minimum absolute atomic E-state index is 0.00747. The first-order chi connectivity index (χ1) is 9.05. The van der Waals surface area contributed by atoms with Gasteiger partial charge in [-0.2, -0.15) is 0 Å². The highest BCUT2D eigenvalue weighted by Gasteiger charge is 2.32. The Bertz CT molecular complexity index is 507. The largest absolute Gasteiger partial charge is 0.381 e. The molecule has 106 valence electrons. The molecule has 6 heteroatoms. The van der Waals surface area contributed by atoms with E-state index in [-0.39, 0.29) is 12.1 Å². The molecule has 1 fully saturated rings. The Morgan fingerprint density at radius 3 is 2.42 bits per heavy atom. The Hall–Kier alpha value is -0.950. The van der Waals surface area contributed by atoms with Crippen molar-refractivity contribution in [2.75, 3.05) is 14.2 Å². The van der Waals surface area contributed by atoms with E-state index >= 15 is 0 Å². The summed E-state index contributed by atoms with van der Waals surface area (Å²) in [6, 6.07) is 6.92. The number of benzene rings is 1. The Labute approximate surface area is 114 Å². The maximum atomic E-state index is 12.1. The molecule has 0 atom stereocenters. The number of hydrogen-bond donors (Lipinski definition) is 2. The molecule has 1 aliphatic carbocycles. The number of methoxy groups -OCH3 is 1. The van der Waals surface area contributed by atoms with Gasteiger partial charge in [-0.15, -0.1) is 0 Å². The molecule has 2 rings (SSSR count). The van der Waals surface area contributed by atoms with E-state index in [0.29, 0.717) is 4.90 Å². The molecular formula is C13H20N2O3S. The lowest BCUT2D eigenvalue weighted by atomic mass is 9.90. The second kappa shape index (κ2) is 6.00.